The number of methoxy groups -OCH3 is 3. The maximum atomic E-state index is 13.8. The number of aryl methyl sites for hydroxylation is 1. The van der Waals surface area contributed by atoms with Gasteiger partial charge in [0.2, 0.25) is 23.0 Å². The number of carbonyl (C=O) groups excluding carboxylic acids is 2. The molecule has 2 aliphatic rings. The lowest BCUT2D eigenvalue weighted by atomic mass is 9.95. The Kier molecular flexibility index (Phi) is 9.89. The fourth-order valence-electron chi connectivity index (χ4n) is 5.90. The van der Waals surface area contributed by atoms with E-state index in [0.29, 0.717) is 54.1 Å². The Morgan fingerprint density at radius 3 is 2.33 bits per heavy atom. The molecule has 11 nitrogen and oxygen atoms in total. The quantitative estimate of drug-likeness (QED) is 0.367. The minimum absolute atomic E-state index is 0.0429. The Morgan fingerprint density at radius 1 is 1.02 bits per heavy atom. The fraction of sp³-hybridized carbons (Fsp3) is 0.516. The van der Waals surface area contributed by atoms with E-state index in [-0.39, 0.29) is 40.4 Å². The third kappa shape index (κ3) is 6.90. The van der Waals surface area contributed by atoms with Crippen molar-refractivity contribution in [1.29, 1.82) is 0 Å². The summed E-state index contributed by atoms with van der Waals surface area (Å²) in [6, 6.07) is 5.11. The molecule has 12 heteroatoms. The highest BCUT2D eigenvalue weighted by Gasteiger charge is 2.33. The van der Waals surface area contributed by atoms with E-state index in [0.717, 1.165) is 11.1 Å². The molecule has 2 aromatic rings. The number of nitrogens with one attached hydrogen (secondary N) is 3. The molecule has 1 aliphatic carbocycles. The Balaban J connectivity index is 1.83. The van der Waals surface area contributed by atoms with Crippen LogP contribution < -0.4 is 35.6 Å². The van der Waals surface area contributed by atoms with Crippen molar-refractivity contribution >= 4 is 27.3 Å². The topological polar surface area (TPSA) is 149 Å². The van der Waals surface area contributed by atoms with Crippen LogP contribution in [0.4, 0.5) is 5.69 Å². The summed E-state index contributed by atoms with van der Waals surface area (Å²) >= 11 is 0. The van der Waals surface area contributed by atoms with Crippen LogP contribution >= 0.6 is 0 Å². The number of hydrogen-bond donors (Lipinski definition) is 3. The molecule has 2 amide bonds. The van der Waals surface area contributed by atoms with Crippen molar-refractivity contribution < 1.29 is 32.2 Å². The molecule has 4 rings (SSSR count). The third-order valence-electron chi connectivity index (χ3n) is 8.30. The van der Waals surface area contributed by atoms with Crippen molar-refractivity contribution in [3.05, 3.63) is 45.6 Å². The summed E-state index contributed by atoms with van der Waals surface area (Å²) in [5.74, 6) is 0.549. The maximum absolute atomic E-state index is 13.8. The molecule has 0 aromatic heterocycles. The SMILES string of the molecule is CC[C@@H](C)[C@H](Nc1ccc2c(cc1=O)[C@@H](NC(C)=O)CCc1cc(OC)c(OC)c(OC)c1-2)C(=O)N[C@@H]1CCS(=O)(=O)C1. The second-order valence-electron chi connectivity index (χ2n) is 11.2. The maximum Gasteiger partial charge on any atom is 0.243 e. The Hall–Kier alpha value is -3.80. The smallest absolute Gasteiger partial charge is 0.243 e. The van der Waals surface area contributed by atoms with E-state index < -0.39 is 28.0 Å². The first-order chi connectivity index (χ1) is 20.4. The molecule has 1 heterocycles. The number of anilines is 1. The van der Waals surface area contributed by atoms with E-state index >= 15 is 0 Å². The van der Waals surface area contributed by atoms with E-state index in [1.165, 1.54) is 27.2 Å². The number of amides is 2. The minimum Gasteiger partial charge on any atom is -0.493 e. The van der Waals surface area contributed by atoms with Crippen LogP contribution in [0.25, 0.3) is 11.1 Å². The molecule has 0 bridgehead atoms. The Labute approximate surface area is 252 Å². The van der Waals surface area contributed by atoms with Gasteiger partial charge < -0.3 is 30.2 Å². The molecule has 1 fully saturated rings. The van der Waals surface area contributed by atoms with Gasteiger partial charge in [-0.25, -0.2) is 8.42 Å². The van der Waals surface area contributed by atoms with Crippen molar-refractivity contribution in [2.24, 2.45) is 5.92 Å². The highest BCUT2D eigenvalue weighted by molar-refractivity contribution is 7.91. The number of fused-ring (bicyclic) bond motifs is 3. The van der Waals surface area contributed by atoms with Crippen molar-refractivity contribution in [3.63, 3.8) is 0 Å². The van der Waals surface area contributed by atoms with Crippen LogP contribution in [-0.2, 0) is 25.8 Å². The molecule has 43 heavy (non-hydrogen) atoms. The Morgan fingerprint density at radius 2 is 1.74 bits per heavy atom. The lowest BCUT2D eigenvalue weighted by Gasteiger charge is -2.25. The van der Waals surface area contributed by atoms with Crippen LogP contribution in [0.15, 0.2) is 29.1 Å². The summed E-state index contributed by atoms with van der Waals surface area (Å²) in [6.45, 7) is 5.28. The number of ether oxygens (including phenoxy) is 3. The van der Waals surface area contributed by atoms with Crippen LogP contribution in [-0.4, -0.2) is 65.2 Å². The zero-order valence-corrected chi connectivity index (χ0v) is 26.4. The molecule has 1 aliphatic heterocycles. The van der Waals surface area contributed by atoms with Gasteiger partial charge in [0.05, 0.1) is 44.6 Å². The van der Waals surface area contributed by atoms with Crippen LogP contribution in [0.3, 0.4) is 0 Å². The molecule has 0 unspecified atom stereocenters. The molecule has 0 saturated carbocycles. The van der Waals surface area contributed by atoms with E-state index in [1.54, 1.807) is 19.2 Å². The number of rotatable bonds is 10. The number of carbonyl (C=O) groups is 2. The predicted octanol–water partition coefficient (Wildman–Crippen LogP) is 2.99. The number of benzene rings is 1. The molecule has 234 valence electrons. The fourth-order valence-corrected chi connectivity index (χ4v) is 7.57. The number of hydrogen-bond acceptors (Lipinski definition) is 9. The van der Waals surface area contributed by atoms with Crippen molar-refractivity contribution in [2.45, 2.75) is 64.6 Å². The highest BCUT2D eigenvalue weighted by atomic mass is 32.2. The first-order valence-corrected chi connectivity index (χ1v) is 16.3. The summed E-state index contributed by atoms with van der Waals surface area (Å²) in [5.41, 5.74) is 2.76. The van der Waals surface area contributed by atoms with Gasteiger partial charge in [0.15, 0.2) is 21.3 Å². The summed E-state index contributed by atoms with van der Waals surface area (Å²) in [7, 11) is 1.43. The summed E-state index contributed by atoms with van der Waals surface area (Å²) in [5, 5.41) is 9.02. The van der Waals surface area contributed by atoms with Gasteiger partial charge in [-0.05, 0) is 60.1 Å². The van der Waals surface area contributed by atoms with Gasteiger partial charge in [0, 0.05) is 18.5 Å². The van der Waals surface area contributed by atoms with Gasteiger partial charge in [-0.3, -0.25) is 14.4 Å². The average molecular weight is 616 g/mol. The third-order valence-corrected chi connectivity index (χ3v) is 10.1. The predicted molar refractivity (Wildman–Crippen MR) is 165 cm³/mol. The normalized spacial score (nSPS) is 20.0. The van der Waals surface area contributed by atoms with Crippen LogP contribution in [0, 0.1) is 5.92 Å². The van der Waals surface area contributed by atoms with Crippen molar-refractivity contribution in [3.8, 4) is 28.4 Å². The van der Waals surface area contributed by atoms with E-state index in [2.05, 4.69) is 16.0 Å². The molecule has 0 radical (unpaired) electrons. The minimum atomic E-state index is -3.18. The number of sulfone groups is 1. The van der Waals surface area contributed by atoms with Gasteiger partial charge >= 0.3 is 0 Å². The van der Waals surface area contributed by atoms with Gasteiger partial charge in [0.25, 0.3) is 0 Å². The van der Waals surface area contributed by atoms with Gasteiger partial charge in [-0.1, -0.05) is 26.3 Å². The van der Waals surface area contributed by atoms with E-state index in [4.69, 9.17) is 14.2 Å². The molecule has 0 spiro atoms. The van der Waals surface area contributed by atoms with Crippen LogP contribution in [0.1, 0.15) is 57.2 Å². The summed E-state index contributed by atoms with van der Waals surface area (Å²) in [4.78, 5) is 39.4. The monoisotopic (exact) mass is 615 g/mol. The summed E-state index contributed by atoms with van der Waals surface area (Å²) < 4.78 is 41.0. The van der Waals surface area contributed by atoms with Crippen molar-refractivity contribution in [1.82, 2.24) is 10.6 Å². The van der Waals surface area contributed by atoms with Gasteiger partial charge in [-0.15, -0.1) is 0 Å². The average Bonchev–Trinajstić information content (AvgIpc) is 3.14. The van der Waals surface area contributed by atoms with E-state index in [1.807, 2.05) is 19.9 Å². The van der Waals surface area contributed by atoms with E-state index in [9.17, 15) is 22.8 Å². The van der Waals surface area contributed by atoms with Crippen LogP contribution in [0.2, 0.25) is 0 Å². The zero-order chi connectivity index (χ0) is 31.5. The highest BCUT2D eigenvalue weighted by Crippen LogP contribution is 2.50. The first kappa shape index (κ1) is 32.1. The van der Waals surface area contributed by atoms with Gasteiger partial charge in [-0.2, -0.15) is 0 Å². The van der Waals surface area contributed by atoms with Crippen molar-refractivity contribution in [2.75, 3.05) is 38.2 Å². The lowest BCUT2D eigenvalue weighted by Crippen LogP contribution is -2.48. The zero-order valence-electron chi connectivity index (χ0n) is 25.5. The second kappa shape index (κ2) is 13.2. The molecular formula is C31H41N3O8S. The lowest BCUT2D eigenvalue weighted by molar-refractivity contribution is -0.123. The largest absolute Gasteiger partial charge is 0.493 e. The van der Waals surface area contributed by atoms with Crippen LogP contribution in [0.5, 0.6) is 17.2 Å². The molecular weight excluding hydrogens is 574 g/mol. The molecule has 2 aromatic carbocycles. The first-order valence-electron chi connectivity index (χ1n) is 14.5. The molecule has 4 atom stereocenters. The van der Waals surface area contributed by atoms with Gasteiger partial charge in [0.1, 0.15) is 6.04 Å². The standard InChI is InChI=1S/C31H41N3O8S/c1-7-17(2)28(31(37)33-20-12-13-43(38,39)16-20)34-24-11-9-21-22(15-25(24)36)23(32-18(3)35)10-8-19-14-26(40-4)29(41-5)30(42-6)27(19)21/h9,11,14-15,17,20,23,28H,7-8,10,12-13,16H2,1-6H3,(H,32,35)(H,33,37)(H,34,36)/t17-,20-,23+,28+/m1/s1. The summed E-state index contributed by atoms with van der Waals surface area (Å²) in [6.07, 6.45) is 2.10. The second-order valence-corrected chi connectivity index (χ2v) is 13.4. The molecule has 3 N–H and O–H groups in total. The molecule has 1 saturated heterocycles. The Bertz CT molecular complexity index is 1560.